The van der Waals surface area contributed by atoms with Gasteiger partial charge >= 0.3 is 17.9 Å². The topological polar surface area (TPSA) is 140 Å². The highest BCUT2D eigenvalue weighted by Crippen LogP contribution is 2.43. The molecule has 2 aromatic carbocycles. The number of carbonyl (C=O) groups is 3. The molecule has 0 spiro atoms. The van der Waals surface area contributed by atoms with Crippen LogP contribution in [0.4, 0.5) is 0 Å². The van der Waals surface area contributed by atoms with Crippen molar-refractivity contribution < 1.29 is 43.9 Å². The molecule has 9 heteroatoms. The fraction of sp³-hybridized carbons (Fsp3) is 0.711. The van der Waals surface area contributed by atoms with Crippen molar-refractivity contribution in [3.05, 3.63) is 48.5 Å². The van der Waals surface area contributed by atoms with Gasteiger partial charge in [-0.1, -0.05) is 82.1 Å². The Hall–Kier alpha value is -3.01. The Balaban J connectivity index is 0.000000706. The van der Waals surface area contributed by atoms with E-state index in [9.17, 15) is 24.6 Å². The lowest BCUT2D eigenvalue weighted by atomic mass is 9.71. The predicted octanol–water partition coefficient (Wildman–Crippen LogP) is 9.74. The molecule has 0 bridgehead atoms. The number of carbonyl (C=O) groups excluding carboxylic acids is 2. The van der Waals surface area contributed by atoms with E-state index in [-0.39, 0.29) is 23.8 Å². The predicted molar refractivity (Wildman–Crippen MR) is 215 cm³/mol. The number of aliphatic carboxylic acids is 1. The fourth-order valence-electron chi connectivity index (χ4n) is 8.20. The zero-order valence-electron chi connectivity index (χ0n) is 35.0. The third kappa shape index (κ3) is 13.9. The highest BCUT2D eigenvalue weighted by molar-refractivity contribution is 5.82. The first-order chi connectivity index (χ1) is 25.3. The normalized spacial score (nSPS) is 23.2. The van der Waals surface area contributed by atoms with Gasteiger partial charge in [-0.15, -0.1) is 0 Å². The number of esters is 2. The molecule has 1 aliphatic heterocycles. The van der Waals surface area contributed by atoms with Crippen LogP contribution >= 0.6 is 0 Å². The van der Waals surface area contributed by atoms with Gasteiger partial charge < -0.3 is 29.5 Å². The largest absolute Gasteiger partial charge is 0.481 e. The third-order valence-corrected chi connectivity index (χ3v) is 11.8. The lowest BCUT2D eigenvalue weighted by molar-refractivity contribution is -0.198. The summed E-state index contributed by atoms with van der Waals surface area (Å²) in [5, 5.41) is 30.1. The van der Waals surface area contributed by atoms with E-state index in [0.29, 0.717) is 57.5 Å². The molecule has 2 aromatic rings. The lowest BCUT2D eigenvalue weighted by Gasteiger charge is -2.43. The minimum absolute atomic E-state index is 0.0151. The summed E-state index contributed by atoms with van der Waals surface area (Å²) in [5.74, 6) is -1.10. The molecular weight excluding hydrogens is 684 g/mol. The summed E-state index contributed by atoms with van der Waals surface area (Å²) < 4.78 is 17.6. The highest BCUT2D eigenvalue weighted by Gasteiger charge is 2.45. The number of hydrogen-bond donors (Lipinski definition) is 3. The van der Waals surface area contributed by atoms with Gasteiger partial charge in [-0.2, -0.15) is 0 Å². The minimum Gasteiger partial charge on any atom is -0.481 e. The number of aliphatic hydroxyl groups excluding tert-OH is 2. The summed E-state index contributed by atoms with van der Waals surface area (Å²) in [7, 11) is 1.00. The molecular formula is C45H72O9. The standard InChI is InChI=1S/C34H60O8.C10H8.CH4O/c1-10-33(8,28(36)37)17-13-18-34(9,30(39)41-27-14-11-12-19-40-27)22-24(3)21-31(4,5)29(38)42-32(6,7)25-16-15-23(2)20-26(25)35;1-2-6-10-8-4-3-7-9(10)5-1;1-2/h23-27,35H,10-22H2,1-9H3,(H,36,37);1-8H;2H,1H3. The Kier molecular flexibility index (Phi) is 18.6. The molecule has 0 amide bonds. The summed E-state index contributed by atoms with van der Waals surface area (Å²) in [6, 6.07) is 16.7. The molecule has 7 unspecified atom stereocenters. The van der Waals surface area contributed by atoms with Gasteiger partial charge in [-0.05, 0) is 122 Å². The molecule has 0 aromatic heterocycles. The molecule has 54 heavy (non-hydrogen) atoms. The molecule has 4 rings (SSSR count). The van der Waals surface area contributed by atoms with Crippen molar-refractivity contribution in [2.75, 3.05) is 13.7 Å². The molecule has 7 atom stereocenters. The minimum atomic E-state index is -0.852. The van der Waals surface area contributed by atoms with Gasteiger partial charge in [-0.3, -0.25) is 14.4 Å². The van der Waals surface area contributed by atoms with Gasteiger partial charge in [0.25, 0.3) is 0 Å². The van der Waals surface area contributed by atoms with Crippen LogP contribution < -0.4 is 0 Å². The molecule has 9 nitrogen and oxygen atoms in total. The Morgan fingerprint density at radius 2 is 1.39 bits per heavy atom. The number of aliphatic hydroxyl groups is 2. The number of carboxylic acid groups (broad SMARTS) is 1. The highest BCUT2D eigenvalue weighted by atomic mass is 16.7. The van der Waals surface area contributed by atoms with Crippen LogP contribution in [0.25, 0.3) is 10.8 Å². The first-order valence-corrected chi connectivity index (χ1v) is 20.2. The number of hydrogen-bond acceptors (Lipinski definition) is 8. The summed E-state index contributed by atoms with van der Waals surface area (Å²) in [6.45, 7) is 17.9. The van der Waals surface area contributed by atoms with Crippen LogP contribution in [0.15, 0.2) is 48.5 Å². The zero-order valence-corrected chi connectivity index (χ0v) is 35.0. The van der Waals surface area contributed by atoms with Crippen molar-refractivity contribution in [1.29, 1.82) is 0 Å². The fourth-order valence-corrected chi connectivity index (χ4v) is 8.20. The summed E-state index contributed by atoms with van der Waals surface area (Å²) in [5.41, 5.74) is -3.28. The van der Waals surface area contributed by atoms with Crippen molar-refractivity contribution in [1.82, 2.24) is 0 Å². The molecule has 1 saturated heterocycles. The van der Waals surface area contributed by atoms with Crippen LogP contribution in [0.3, 0.4) is 0 Å². The Bertz CT molecular complexity index is 1380. The smallest absolute Gasteiger partial charge is 0.314 e. The lowest BCUT2D eigenvalue weighted by Crippen LogP contribution is -2.47. The van der Waals surface area contributed by atoms with E-state index in [0.717, 1.165) is 39.2 Å². The van der Waals surface area contributed by atoms with Gasteiger partial charge in [0.2, 0.25) is 6.29 Å². The summed E-state index contributed by atoms with van der Waals surface area (Å²) in [6.07, 6.45) is 7.13. The number of ether oxygens (including phenoxy) is 3. The first-order valence-electron chi connectivity index (χ1n) is 20.2. The summed E-state index contributed by atoms with van der Waals surface area (Å²) in [4.78, 5) is 39.0. The molecule has 2 fully saturated rings. The van der Waals surface area contributed by atoms with Gasteiger partial charge in [0.15, 0.2) is 0 Å². The molecule has 3 N–H and O–H groups in total. The molecule has 1 heterocycles. The van der Waals surface area contributed by atoms with Gasteiger partial charge in [0.1, 0.15) is 5.60 Å². The molecule has 2 aliphatic rings. The van der Waals surface area contributed by atoms with Gasteiger partial charge in [0, 0.05) is 19.4 Å². The average molecular weight is 757 g/mol. The van der Waals surface area contributed by atoms with Crippen LogP contribution in [-0.2, 0) is 28.6 Å². The second-order valence-corrected chi connectivity index (χ2v) is 17.7. The third-order valence-electron chi connectivity index (χ3n) is 11.8. The molecule has 306 valence electrons. The van der Waals surface area contributed by atoms with E-state index in [1.165, 1.54) is 10.8 Å². The number of rotatable bonds is 15. The van der Waals surface area contributed by atoms with E-state index in [1.54, 1.807) is 6.92 Å². The van der Waals surface area contributed by atoms with Crippen molar-refractivity contribution in [3.8, 4) is 0 Å². The average Bonchev–Trinajstić information content (AvgIpc) is 3.12. The molecule has 1 aliphatic carbocycles. The zero-order chi connectivity index (χ0) is 40.7. The van der Waals surface area contributed by atoms with E-state index in [1.807, 2.05) is 48.5 Å². The Morgan fingerprint density at radius 1 is 0.833 bits per heavy atom. The van der Waals surface area contributed by atoms with Crippen LogP contribution in [0.1, 0.15) is 139 Å². The van der Waals surface area contributed by atoms with Crippen LogP contribution in [0, 0.1) is 34.0 Å². The maximum absolute atomic E-state index is 13.6. The quantitative estimate of drug-likeness (QED) is 0.152. The van der Waals surface area contributed by atoms with Gasteiger partial charge in [-0.25, -0.2) is 0 Å². The SMILES string of the molecule is CCC(C)(CCCC(C)(CC(C)CC(C)(C)C(=O)OC(C)(C)C1CCC(C)CC1O)C(=O)OC1CCCCO1)C(=O)O.CO.c1ccc2ccccc2c1. The van der Waals surface area contributed by atoms with Crippen molar-refractivity contribution in [2.24, 2.45) is 34.0 Å². The van der Waals surface area contributed by atoms with E-state index in [4.69, 9.17) is 19.3 Å². The molecule has 0 radical (unpaired) electrons. The van der Waals surface area contributed by atoms with Gasteiger partial charge in [0.05, 0.1) is 29.0 Å². The maximum atomic E-state index is 13.6. The first kappa shape index (κ1) is 47.1. The second kappa shape index (κ2) is 21.3. The van der Waals surface area contributed by atoms with Crippen LogP contribution in [-0.4, -0.2) is 64.9 Å². The summed E-state index contributed by atoms with van der Waals surface area (Å²) >= 11 is 0. The molecule has 1 saturated carbocycles. The van der Waals surface area contributed by atoms with E-state index >= 15 is 0 Å². The van der Waals surface area contributed by atoms with Crippen LogP contribution in [0.5, 0.6) is 0 Å². The van der Waals surface area contributed by atoms with E-state index < -0.39 is 40.2 Å². The number of benzene rings is 2. The van der Waals surface area contributed by atoms with Crippen molar-refractivity contribution in [3.63, 3.8) is 0 Å². The van der Waals surface area contributed by atoms with Crippen molar-refractivity contribution in [2.45, 2.75) is 157 Å². The van der Waals surface area contributed by atoms with Crippen molar-refractivity contribution >= 4 is 28.7 Å². The van der Waals surface area contributed by atoms with Crippen LogP contribution in [0.2, 0.25) is 0 Å². The second-order valence-electron chi connectivity index (χ2n) is 17.7. The Labute approximate surface area is 325 Å². The maximum Gasteiger partial charge on any atom is 0.314 e. The Morgan fingerprint density at radius 3 is 1.87 bits per heavy atom. The van der Waals surface area contributed by atoms with E-state index in [2.05, 4.69) is 55.5 Å². The number of carboxylic acids is 1. The monoisotopic (exact) mass is 757 g/mol. The number of fused-ring (bicyclic) bond motifs is 1.